The normalized spacial score (nSPS) is 16.0. The van der Waals surface area contributed by atoms with Crippen LogP contribution in [0.5, 0.6) is 0 Å². The van der Waals surface area contributed by atoms with Crippen molar-refractivity contribution in [2.45, 2.75) is 25.1 Å². The van der Waals surface area contributed by atoms with E-state index >= 15 is 0 Å². The van der Waals surface area contributed by atoms with Crippen molar-refractivity contribution in [2.75, 3.05) is 25.4 Å². The van der Waals surface area contributed by atoms with Crippen LogP contribution in [0, 0.1) is 5.92 Å². The van der Waals surface area contributed by atoms with Gasteiger partial charge in [0, 0.05) is 18.8 Å². The van der Waals surface area contributed by atoms with E-state index in [1.807, 2.05) is 18.2 Å². The van der Waals surface area contributed by atoms with Crippen LogP contribution in [-0.4, -0.2) is 36.2 Å². The topological polar surface area (TPSA) is 32.3 Å². The van der Waals surface area contributed by atoms with E-state index in [1.54, 1.807) is 23.1 Å². The highest BCUT2D eigenvalue weighted by Gasteiger charge is 2.19. The molecule has 0 spiro atoms. The molecule has 0 saturated carbocycles. The van der Waals surface area contributed by atoms with Gasteiger partial charge < -0.3 is 5.32 Å². The van der Waals surface area contributed by atoms with Crippen molar-refractivity contribution in [2.24, 2.45) is 5.92 Å². The van der Waals surface area contributed by atoms with Gasteiger partial charge in [-0.15, -0.1) is 11.8 Å². The number of likely N-dealkylation sites (tertiary alicyclic amines) is 1. The molecule has 1 N–H and O–H groups in total. The van der Waals surface area contributed by atoms with Gasteiger partial charge in [0.25, 0.3) is 0 Å². The van der Waals surface area contributed by atoms with Crippen molar-refractivity contribution in [3.63, 3.8) is 0 Å². The fourth-order valence-electron chi connectivity index (χ4n) is 3.13. The van der Waals surface area contributed by atoms with Gasteiger partial charge in [-0.2, -0.15) is 11.3 Å². The van der Waals surface area contributed by atoms with Crippen LogP contribution in [0.3, 0.4) is 0 Å². The SMILES string of the molecule is O=C(CSCc1ccccc1)NCC1CCN(Cc2ccsc2)CC1. The molecule has 0 radical (unpaired) electrons. The van der Waals surface area contributed by atoms with Crippen LogP contribution in [0.1, 0.15) is 24.0 Å². The number of piperidine rings is 1. The molecule has 1 aromatic heterocycles. The molecule has 0 atom stereocenters. The summed E-state index contributed by atoms with van der Waals surface area (Å²) in [4.78, 5) is 14.5. The van der Waals surface area contributed by atoms with Gasteiger partial charge in [0.05, 0.1) is 5.75 Å². The number of carbonyl (C=O) groups is 1. The Hall–Kier alpha value is -1.30. The maximum atomic E-state index is 12.0. The van der Waals surface area contributed by atoms with E-state index in [0.717, 1.165) is 31.9 Å². The first kappa shape index (κ1) is 18.5. The maximum absolute atomic E-state index is 12.0. The highest BCUT2D eigenvalue weighted by molar-refractivity contribution is 7.99. The molecule has 134 valence electrons. The molecule has 0 unspecified atom stereocenters. The largest absolute Gasteiger partial charge is 0.355 e. The van der Waals surface area contributed by atoms with E-state index in [0.29, 0.717) is 11.7 Å². The van der Waals surface area contributed by atoms with Crippen LogP contribution in [0.4, 0.5) is 0 Å². The van der Waals surface area contributed by atoms with Gasteiger partial charge >= 0.3 is 0 Å². The van der Waals surface area contributed by atoms with Gasteiger partial charge in [-0.1, -0.05) is 30.3 Å². The van der Waals surface area contributed by atoms with Crippen molar-refractivity contribution >= 4 is 29.0 Å². The highest BCUT2D eigenvalue weighted by Crippen LogP contribution is 2.19. The minimum absolute atomic E-state index is 0.168. The number of benzene rings is 1. The zero-order chi connectivity index (χ0) is 17.3. The van der Waals surface area contributed by atoms with Crippen molar-refractivity contribution in [3.8, 4) is 0 Å². The number of hydrogen-bond acceptors (Lipinski definition) is 4. The molecule has 0 bridgehead atoms. The van der Waals surface area contributed by atoms with Gasteiger partial charge in [0.1, 0.15) is 0 Å². The Morgan fingerprint density at radius 2 is 1.96 bits per heavy atom. The maximum Gasteiger partial charge on any atom is 0.230 e. The van der Waals surface area contributed by atoms with E-state index in [2.05, 4.69) is 39.2 Å². The number of carbonyl (C=O) groups excluding carboxylic acids is 1. The van der Waals surface area contributed by atoms with Crippen LogP contribution in [-0.2, 0) is 17.1 Å². The number of nitrogens with one attached hydrogen (secondary N) is 1. The van der Waals surface area contributed by atoms with Crippen LogP contribution >= 0.6 is 23.1 Å². The third kappa shape index (κ3) is 6.49. The summed E-state index contributed by atoms with van der Waals surface area (Å²) in [5.41, 5.74) is 2.70. The molecule has 1 amide bonds. The lowest BCUT2D eigenvalue weighted by Crippen LogP contribution is -2.38. The Bertz CT molecular complexity index is 622. The molecule has 0 aliphatic carbocycles. The Kier molecular flexibility index (Phi) is 7.39. The lowest BCUT2D eigenvalue weighted by molar-refractivity contribution is -0.118. The van der Waals surface area contributed by atoms with E-state index in [1.165, 1.54) is 24.0 Å². The predicted octanol–water partition coefficient (Wildman–Crippen LogP) is 4.01. The van der Waals surface area contributed by atoms with Crippen molar-refractivity contribution in [1.29, 1.82) is 0 Å². The molecule has 3 nitrogen and oxygen atoms in total. The monoisotopic (exact) mass is 374 g/mol. The van der Waals surface area contributed by atoms with Gasteiger partial charge in [-0.05, 0) is 59.8 Å². The summed E-state index contributed by atoms with van der Waals surface area (Å²) in [7, 11) is 0. The molecule has 2 heterocycles. The fraction of sp³-hybridized carbons (Fsp3) is 0.450. The summed E-state index contributed by atoms with van der Waals surface area (Å²) in [6, 6.07) is 12.5. The molecule has 1 aromatic carbocycles. The molecular weight excluding hydrogens is 348 g/mol. The Balaban J connectivity index is 1.27. The van der Waals surface area contributed by atoms with Crippen LogP contribution in [0.2, 0.25) is 0 Å². The first-order valence-electron chi connectivity index (χ1n) is 8.91. The van der Waals surface area contributed by atoms with E-state index in [9.17, 15) is 4.79 Å². The number of thioether (sulfide) groups is 1. The molecule has 1 saturated heterocycles. The van der Waals surface area contributed by atoms with Gasteiger partial charge in [-0.3, -0.25) is 9.69 Å². The number of nitrogens with zero attached hydrogens (tertiary/aromatic N) is 1. The van der Waals surface area contributed by atoms with Crippen LogP contribution < -0.4 is 5.32 Å². The molecular formula is C20H26N2OS2. The minimum atomic E-state index is 0.168. The van der Waals surface area contributed by atoms with E-state index in [4.69, 9.17) is 0 Å². The standard InChI is InChI=1S/C20H26N2OS2/c23-20(16-25-14-18-4-2-1-3-5-18)21-12-17-6-9-22(10-7-17)13-19-8-11-24-15-19/h1-5,8,11,15,17H,6-7,9-10,12-14,16H2,(H,21,23). The van der Waals surface area contributed by atoms with Crippen molar-refractivity contribution in [1.82, 2.24) is 10.2 Å². The van der Waals surface area contributed by atoms with Crippen molar-refractivity contribution in [3.05, 3.63) is 58.3 Å². The lowest BCUT2D eigenvalue weighted by Gasteiger charge is -2.31. The van der Waals surface area contributed by atoms with Gasteiger partial charge in [-0.25, -0.2) is 0 Å². The molecule has 5 heteroatoms. The second kappa shape index (κ2) is 10.00. The Morgan fingerprint density at radius 3 is 2.68 bits per heavy atom. The molecule has 2 aromatic rings. The van der Waals surface area contributed by atoms with E-state index < -0.39 is 0 Å². The quantitative estimate of drug-likeness (QED) is 0.758. The fourth-order valence-corrected chi connectivity index (χ4v) is 4.61. The second-order valence-corrected chi connectivity index (χ2v) is 8.40. The lowest BCUT2D eigenvalue weighted by atomic mass is 9.96. The number of amides is 1. The summed E-state index contributed by atoms with van der Waals surface area (Å²) in [5, 5.41) is 7.50. The zero-order valence-corrected chi connectivity index (χ0v) is 16.2. The molecule has 1 aliphatic rings. The summed E-state index contributed by atoms with van der Waals surface area (Å²) in [5.74, 6) is 2.24. The second-order valence-electron chi connectivity index (χ2n) is 6.63. The summed E-state index contributed by atoms with van der Waals surface area (Å²) in [6.45, 7) is 4.17. The Morgan fingerprint density at radius 1 is 1.16 bits per heavy atom. The average Bonchev–Trinajstić information content (AvgIpc) is 3.15. The number of rotatable bonds is 8. The van der Waals surface area contributed by atoms with Crippen LogP contribution in [0.25, 0.3) is 0 Å². The third-order valence-electron chi connectivity index (χ3n) is 4.63. The third-order valence-corrected chi connectivity index (χ3v) is 6.36. The van der Waals surface area contributed by atoms with Gasteiger partial charge in [0.15, 0.2) is 0 Å². The summed E-state index contributed by atoms with van der Waals surface area (Å²) in [6.07, 6.45) is 2.36. The summed E-state index contributed by atoms with van der Waals surface area (Å²) >= 11 is 3.45. The average molecular weight is 375 g/mol. The molecule has 3 rings (SSSR count). The predicted molar refractivity (Wildman–Crippen MR) is 108 cm³/mol. The Labute approximate surface area is 158 Å². The number of thiophene rings is 1. The smallest absolute Gasteiger partial charge is 0.230 e. The molecule has 1 fully saturated rings. The summed E-state index contributed by atoms with van der Waals surface area (Å²) < 4.78 is 0. The molecule has 1 aliphatic heterocycles. The number of hydrogen-bond donors (Lipinski definition) is 1. The van der Waals surface area contributed by atoms with Crippen LogP contribution in [0.15, 0.2) is 47.2 Å². The molecule has 25 heavy (non-hydrogen) atoms. The first-order valence-corrected chi connectivity index (χ1v) is 11.0. The first-order chi connectivity index (χ1) is 12.3. The minimum Gasteiger partial charge on any atom is -0.355 e. The highest BCUT2D eigenvalue weighted by atomic mass is 32.2. The van der Waals surface area contributed by atoms with Gasteiger partial charge in [0.2, 0.25) is 5.91 Å². The zero-order valence-electron chi connectivity index (χ0n) is 14.5. The van der Waals surface area contributed by atoms with E-state index in [-0.39, 0.29) is 5.91 Å². The van der Waals surface area contributed by atoms with Crippen molar-refractivity contribution < 1.29 is 4.79 Å².